The summed E-state index contributed by atoms with van der Waals surface area (Å²) in [4.78, 5) is 3.79. The van der Waals surface area contributed by atoms with Gasteiger partial charge in [-0.05, 0) is 31.5 Å². The van der Waals surface area contributed by atoms with Gasteiger partial charge in [-0.15, -0.1) is 0 Å². The Labute approximate surface area is 144 Å². The van der Waals surface area contributed by atoms with Crippen LogP contribution in [-0.2, 0) is 6.18 Å². The lowest BCUT2D eigenvalue weighted by molar-refractivity contribution is -0.137. The first-order valence-electron chi connectivity index (χ1n) is 8.06. The highest BCUT2D eigenvalue weighted by Gasteiger charge is 2.32. The number of pyridine rings is 1. The zero-order valence-corrected chi connectivity index (χ0v) is 14.1. The van der Waals surface area contributed by atoms with Gasteiger partial charge in [0.15, 0.2) is 0 Å². The molecule has 0 bridgehead atoms. The highest BCUT2D eigenvalue weighted by Crippen LogP contribution is 2.32. The van der Waals surface area contributed by atoms with Gasteiger partial charge in [-0.3, -0.25) is 0 Å². The SMILES string of the molecule is CCC(C)NCC(O)COc1ncc(C(F)(F)F)cc1-n1cccc1. The second-order valence-electron chi connectivity index (χ2n) is 5.82. The summed E-state index contributed by atoms with van der Waals surface area (Å²) in [6.07, 6.45) is -0.434. The highest BCUT2D eigenvalue weighted by molar-refractivity contribution is 5.45. The average molecular weight is 357 g/mol. The molecular formula is C17H22F3N3O2. The van der Waals surface area contributed by atoms with Crippen LogP contribution in [0.5, 0.6) is 5.88 Å². The van der Waals surface area contributed by atoms with Crippen molar-refractivity contribution in [1.82, 2.24) is 14.9 Å². The minimum Gasteiger partial charge on any atom is -0.473 e. The van der Waals surface area contributed by atoms with E-state index in [1.165, 1.54) is 4.57 Å². The molecule has 138 valence electrons. The van der Waals surface area contributed by atoms with Crippen molar-refractivity contribution in [1.29, 1.82) is 0 Å². The zero-order valence-electron chi connectivity index (χ0n) is 14.1. The van der Waals surface area contributed by atoms with Crippen LogP contribution in [0.25, 0.3) is 5.69 Å². The lowest BCUT2D eigenvalue weighted by Gasteiger charge is -2.18. The van der Waals surface area contributed by atoms with Gasteiger partial charge in [-0.2, -0.15) is 13.2 Å². The van der Waals surface area contributed by atoms with Crippen LogP contribution >= 0.6 is 0 Å². The Morgan fingerprint density at radius 1 is 1.32 bits per heavy atom. The van der Waals surface area contributed by atoms with Crippen LogP contribution in [0.15, 0.2) is 36.8 Å². The minimum absolute atomic E-state index is 0.0341. The minimum atomic E-state index is -4.49. The van der Waals surface area contributed by atoms with Crippen LogP contribution in [0.1, 0.15) is 25.8 Å². The highest BCUT2D eigenvalue weighted by atomic mass is 19.4. The Kier molecular flexibility index (Phi) is 6.44. The normalized spacial score (nSPS) is 14.3. The lowest BCUT2D eigenvalue weighted by Crippen LogP contribution is -2.36. The molecule has 2 aromatic heterocycles. The predicted molar refractivity (Wildman–Crippen MR) is 87.8 cm³/mol. The summed E-state index contributed by atoms with van der Waals surface area (Å²) >= 11 is 0. The molecule has 0 saturated carbocycles. The first kappa shape index (κ1) is 19.3. The Hall–Kier alpha value is -2.06. The molecule has 0 aliphatic rings. The third kappa shape index (κ3) is 5.47. The summed E-state index contributed by atoms with van der Waals surface area (Å²) in [5.74, 6) is 0.0341. The number of halogens is 3. The number of aliphatic hydroxyl groups excluding tert-OH is 1. The third-order valence-corrected chi connectivity index (χ3v) is 3.77. The largest absolute Gasteiger partial charge is 0.473 e. The van der Waals surface area contributed by atoms with Crippen LogP contribution in [0.4, 0.5) is 13.2 Å². The molecule has 25 heavy (non-hydrogen) atoms. The van der Waals surface area contributed by atoms with Crippen LogP contribution in [0.3, 0.4) is 0 Å². The van der Waals surface area contributed by atoms with Crippen molar-refractivity contribution < 1.29 is 23.0 Å². The van der Waals surface area contributed by atoms with Crippen LogP contribution in [-0.4, -0.2) is 40.0 Å². The van der Waals surface area contributed by atoms with E-state index in [1.807, 2.05) is 13.8 Å². The van der Waals surface area contributed by atoms with Crippen molar-refractivity contribution in [2.24, 2.45) is 0 Å². The maximum absolute atomic E-state index is 12.9. The van der Waals surface area contributed by atoms with Gasteiger partial charge in [0.05, 0.1) is 5.56 Å². The van der Waals surface area contributed by atoms with Crippen molar-refractivity contribution in [3.8, 4) is 11.6 Å². The number of alkyl halides is 3. The van der Waals surface area contributed by atoms with Crippen molar-refractivity contribution >= 4 is 0 Å². The number of rotatable bonds is 8. The fourth-order valence-electron chi connectivity index (χ4n) is 2.10. The number of aliphatic hydroxyl groups is 1. The Bertz CT molecular complexity index is 660. The molecule has 2 atom stereocenters. The number of nitrogens with zero attached hydrogens (tertiary/aromatic N) is 2. The predicted octanol–water partition coefficient (Wildman–Crippen LogP) is 3.02. The molecule has 5 nitrogen and oxygen atoms in total. The molecule has 2 unspecified atom stereocenters. The van der Waals surface area contributed by atoms with E-state index in [0.29, 0.717) is 6.54 Å². The zero-order chi connectivity index (χ0) is 18.4. The fraction of sp³-hybridized carbons (Fsp3) is 0.471. The summed E-state index contributed by atoms with van der Waals surface area (Å²) in [6, 6.07) is 4.62. The second kappa shape index (κ2) is 8.35. The van der Waals surface area contributed by atoms with Crippen molar-refractivity contribution in [2.75, 3.05) is 13.2 Å². The first-order valence-corrected chi connectivity index (χ1v) is 8.06. The standard InChI is InChI=1S/C17H22F3N3O2/c1-3-12(2)21-10-14(24)11-25-16-15(23-6-4-5-7-23)8-13(9-22-16)17(18,19)20/h4-9,12,14,21,24H,3,10-11H2,1-2H3. The van der Waals surface area contributed by atoms with E-state index in [1.54, 1.807) is 24.5 Å². The van der Waals surface area contributed by atoms with Crippen molar-refractivity contribution in [3.05, 3.63) is 42.4 Å². The number of ether oxygens (including phenoxy) is 1. The maximum Gasteiger partial charge on any atom is 0.417 e. The number of nitrogens with one attached hydrogen (secondary N) is 1. The number of hydrogen-bond acceptors (Lipinski definition) is 4. The topological polar surface area (TPSA) is 59.3 Å². The summed E-state index contributed by atoms with van der Waals surface area (Å²) < 4.78 is 45.7. The van der Waals surface area contributed by atoms with Crippen LogP contribution in [0, 0.1) is 0 Å². The molecule has 0 saturated heterocycles. The summed E-state index contributed by atoms with van der Waals surface area (Å²) in [5.41, 5.74) is -0.690. The monoisotopic (exact) mass is 357 g/mol. The molecule has 0 aliphatic heterocycles. The third-order valence-electron chi connectivity index (χ3n) is 3.77. The molecule has 0 fully saturated rings. The quantitative estimate of drug-likeness (QED) is 0.763. The van der Waals surface area contributed by atoms with Gasteiger partial charge in [0.2, 0.25) is 5.88 Å². The van der Waals surface area contributed by atoms with E-state index in [2.05, 4.69) is 10.3 Å². The first-order chi connectivity index (χ1) is 11.8. The molecule has 2 rings (SSSR count). The van der Waals surface area contributed by atoms with E-state index in [0.717, 1.165) is 18.7 Å². The van der Waals surface area contributed by atoms with Gasteiger partial charge in [-0.25, -0.2) is 4.98 Å². The Balaban J connectivity index is 2.12. The van der Waals surface area contributed by atoms with Gasteiger partial charge < -0.3 is 19.7 Å². The molecule has 0 radical (unpaired) electrons. The summed E-state index contributed by atoms with van der Waals surface area (Å²) in [5, 5.41) is 13.1. The van der Waals surface area contributed by atoms with E-state index >= 15 is 0 Å². The van der Waals surface area contributed by atoms with E-state index in [-0.39, 0.29) is 24.2 Å². The molecule has 2 heterocycles. The van der Waals surface area contributed by atoms with Gasteiger partial charge in [0, 0.05) is 31.2 Å². The molecule has 2 aromatic rings. The molecular weight excluding hydrogens is 335 g/mol. The van der Waals surface area contributed by atoms with E-state index < -0.39 is 17.8 Å². The van der Waals surface area contributed by atoms with Crippen molar-refractivity contribution in [3.63, 3.8) is 0 Å². The average Bonchev–Trinajstić information content (AvgIpc) is 3.11. The summed E-state index contributed by atoms with van der Waals surface area (Å²) in [7, 11) is 0. The van der Waals surface area contributed by atoms with Gasteiger partial charge in [0.1, 0.15) is 18.4 Å². The summed E-state index contributed by atoms with van der Waals surface area (Å²) in [6.45, 7) is 4.27. The number of aromatic nitrogens is 2. The van der Waals surface area contributed by atoms with E-state index in [4.69, 9.17) is 4.74 Å². The molecule has 0 aromatic carbocycles. The molecule has 0 amide bonds. The molecule has 0 spiro atoms. The van der Waals surface area contributed by atoms with Crippen molar-refractivity contribution in [2.45, 2.75) is 38.6 Å². The molecule has 2 N–H and O–H groups in total. The Morgan fingerprint density at radius 3 is 2.60 bits per heavy atom. The molecule has 0 aliphatic carbocycles. The van der Waals surface area contributed by atoms with Crippen LogP contribution < -0.4 is 10.1 Å². The van der Waals surface area contributed by atoms with Crippen LogP contribution in [0.2, 0.25) is 0 Å². The van der Waals surface area contributed by atoms with Gasteiger partial charge in [0.25, 0.3) is 0 Å². The molecule has 8 heteroatoms. The second-order valence-corrected chi connectivity index (χ2v) is 5.82. The number of hydrogen-bond donors (Lipinski definition) is 2. The van der Waals surface area contributed by atoms with Gasteiger partial charge >= 0.3 is 6.18 Å². The fourth-order valence-corrected chi connectivity index (χ4v) is 2.10. The maximum atomic E-state index is 12.9. The van der Waals surface area contributed by atoms with Gasteiger partial charge in [-0.1, -0.05) is 6.92 Å². The Morgan fingerprint density at radius 2 is 2.00 bits per heavy atom. The smallest absolute Gasteiger partial charge is 0.417 e. The lowest BCUT2D eigenvalue weighted by atomic mass is 10.2. The van der Waals surface area contributed by atoms with E-state index in [9.17, 15) is 18.3 Å².